The summed E-state index contributed by atoms with van der Waals surface area (Å²) < 4.78 is 5.37. The molecule has 0 atom stereocenters. The van der Waals surface area contributed by atoms with Crippen molar-refractivity contribution in [2.45, 2.75) is 0 Å². The molecule has 0 radical (unpaired) electrons. The molecule has 7 nitrogen and oxygen atoms in total. The number of piperazine rings is 1. The molecule has 1 aromatic heterocycles. The number of hydrogen-bond acceptors (Lipinski definition) is 7. The number of anilines is 2. The van der Waals surface area contributed by atoms with Crippen molar-refractivity contribution in [1.82, 2.24) is 19.9 Å². The highest BCUT2D eigenvalue weighted by molar-refractivity contribution is 6.30. The molecule has 0 amide bonds. The Morgan fingerprint density at radius 1 is 1.13 bits per heavy atom. The fourth-order valence-electron chi connectivity index (χ4n) is 2.50. The van der Waals surface area contributed by atoms with E-state index in [1.165, 1.54) is 0 Å². The van der Waals surface area contributed by atoms with Crippen LogP contribution in [0.2, 0.25) is 5.02 Å². The van der Waals surface area contributed by atoms with Crippen LogP contribution in [0.25, 0.3) is 11.4 Å². The molecule has 8 heteroatoms. The summed E-state index contributed by atoms with van der Waals surface area (Å²) in [7, 11) is 3.69. The third-order valence-corrected chi connectivity index (χ3v) is 4.06. The van der Waals surface area contributed by atoms with Crippen molar-refractivity contribution < 1.29 is 4.74 Å². The molecule has 3 rings (SSSR count). The molecule has 1 fully saturated rings. The van der Waals surface area contributed by atoms with Crippen LogP contribution in [0.1, 0.15) is 0 Å². The molecular weight excluding hydrogens is 316 g/mol. The minimum Gasteiger partial charge on any atom is -0.496 e. The SMILES string of the molecule is COc1ccc(Cl)cc1-c1nc(N)nc(N2CCN(C)CC2)n1. The van der Waals surface area contributed by atoms with Gasteiger partial charge in [-0.15, -0.1) is 0 Å². The summed E-state index contributed by atoms with van der Waals surface area (Å²) in [6.07, 6.45) is 0. The largest absolute Gasteiger partial charge is 0.496 e. The predicted octanol–water partition coefficient (Wildman–Crippen LogP) is 1.53. The van der Waals surface area contributed by atoms with E-state index < -0.39 is 0 Å². The van der Waals surface area contributed by atoms with Crippen molar-refractivity contribution in [3.05, 3.63) is 23.2 Å². The van der Waals surface area contributed by atoms with E-state index in [9.17, 15) is 0 Å². The van der Waals surface area contributed by atoms with Gasteiger partial charge in [-0.2, -0.15) is 15.0 Å². The zero-order chi connectivity index (χ0) is 16.4. The lowest BCUT2D eigenvalue weighted by Crippen LogP contribution is -2.45. The predicted molar refractivity (Wildman–Crippen MR) is 90.9 cm³/mol. The number of benzene rings is 1. The van der Waals surface area contributed by atoms with Crippen LogP contribution in [0.3, 0.4) is 0 Å². The summed E-state index contributed by atoms with van der Waals surface area (Å²) in [4.78, 5) is 17.5. The molecule has 23 heavy (non-hydrogen) atoms. The van der Waals surface area contributed by atoms with Crippen LogP contribution in [-0.2, 0) is 0 Å². The van der Waals surface area contributed by atoms with Crippen molar-refractivity contribution in [1.29, 1.82) is 0 Å². The van der Waals surface area contributed by atoms with E-state index in [2.05, 4.69) is 31.8 Å². The molecule has 1 aliphatic rings. The molecule has 122 valence electrons. The maximum atomic E-state index is 6.09. The quantitative estimate of drug-likeness (QED) is 0.911. The Labute approximate surface area is 140 Å². The smallest absolute Gasteiger partial charge is 0.230 e. The molecule has 0 unspecified atom stereocenters. The average Bonchev–Trinajstić information content (AvgIpc) is 2.55. The summed E-state index contributed by atoms with van der Waals surface area (Å²) in [5.41, 5.74) is 6.59. The number of aromatic nitrogens is 3. The van der Waals surface area contributed by atoms with Crippen LogP contribution in [-0.4, -0.2) is 60.2 Å². The van der Waals surface area contributed by atoms with Gasteiger partial charge in [0.2, 0.25) is 11.9 Å². The number of methoxy groups -OCH3 is 1. The molecule has 2 N–H and O–H groups in total. The van der Waals surface area contributed by atoms with E-state index in [1.807, 2.05) is 0 Å². The van der Waals surface area contributed by atoms with Crippen molar-refractivity contribution >= 4 is 23.5 Å². The van der Waals surface area contributed by atoms with Gasteiger partial charge in [-0.05, 0) is 25.2 Å². The van der Waals surface area contributed by atoms with Crippen LogP contribution in [0.5, 0.6) is 5.75 Å². The van der Waals surface area contributed by atoms with E-state index in [1.54, 1.807) is 25.3 Å². The Bertz CT molecular complexity index is 702. The minimum absolute atomic E-state index is 0.186. The molecular formula is C15H19ClN6O. The molecule has 0 saturated carbocycles. The second-order valence-corrected chi connectivity index (χ2v) is 5.89. The number of halogens is 1. The number of ether oxygens (including phenoxy) is 1. The van der Waals surface area contributed by atoms with Crippen molar-refractivity contribution in [3.8, 4) is 17.1 Å². The lowest BCUT2D eigenvalue weighted by Gasteiger charge is -2.32. The van der Waals surface area contributed by atoms with E-state index >= 15 is 0 Å². The summed E-state index contributed by atoms with van der Waals surface area (Å²) in [6.45, 7) is 3.63. The van der Waals surface area contributed by atoms with Crippen LogP contribution in [0.4, 0.5) is 11.9 Å². The Kier molecular flexibility index (Phi) is 4.49. The van der Waals surface area contributed by atoms with Crippen LogP contribution in [0, 0.1) is 0 Å². The van der Waals surface area contributed by atoms with Crippen LogP contribution >= 0.6 is 11.6 Å². The summed E-state index contributed by atoms with van der Waals surface area (Å²) in [5.74, 6) is 1.88. The number of likely N-dealkylation sites (N-methyl/N-ethyl adjacent to an activating group) is 1. The fourth-order valence-corrected chi connectivity index (χ4v) is 2.68. The van der Waals surface area contributed by atoms with Crippen molar-refractivity contribution in [3.63, 3.8) is 0 Å². The van der Waals surface area contributed by atoms with Gasteiger partial charge in [0.25, 0.3) is 0 Å². The Morgan fingerprint density at radius 2 is 1.87 bits per heavy atom. The summed E-state index contributed by atoms with van der Waals surface area (Å²) >= 11 is 6.09. The third-order valence-electron chi connectivity index (χ3n) is 3.83. The van der Waals surface area contributed by atoms with Gasteiger partial charge >= 0.3 is 0 Å². The highest BCUT2D eigenvalue weighted by Gasteiger charge is 2.19. The van der Waals surface area contributed by atoms with E-state index in [0.29, 0.717) is 28.1 Å². The molecule has 0 spiro atoms. The third kappa shape index (κ3) is 3.46. The number of hydrogen-bond donors (Lipinski definition) is 1. The molecule has 2 heterocycles. The standard InChI is InChI=1S/C15H19ClN6O/c1-21-5-7-22(8-6-21)15-19-13(18-14(17)20-15)11-9-10(16)3-4-12(11)23-2/h3-4,9H,5-8H2,1-2H3,(H2,17,18,19,20). The number of nitrogens with zero attached hydrogens (tertiary/aromatic N) is 5. The topological polar surface area (TPSA) is 80.4 Å². The van der Waals surface area contributed by atoms with E-state index in [-0.39, 0.29) is 5.95 Å². The molecule has 1 aliphatic heterocycles. The summed E-state index contributed by atoms with van der Waals surface area (Å²) in [5, 5.41) is 0.584. The maximum Gasteiger partial charge on any atom is 0.230 e. The number of nitrogens with two attached hydrogens (primary N) is 1. The van der Waals surface area contributed by atoms with Gasteiger partial charge in [0.05, 0.1) is 12.7 Å². The summed E-state index contributed by atoms with van der Waals surface area (Å²) in [6, 6.07) is 5.31. The van der Waals surface area contributed by atoms with Gasteiger partial charge in [0, 0.05) is 31.2 Å². The molecule has 1 aromatic carbocycles. The monoisotopic (exact) mass is 334 g/mol. The zero-order valence-corrected chi connectivity index (χ0v) is 13.9. The second kappa shape index (κ2) is 6.55. The maximum absolute atomic E-state index is 6.09. The van der Waals surface area contributed by atoms with Gasteiger partial charge in [-0.25, -0.2) is 0 Å². The fraction of sp³-hybridized carbons (Fsp3) is 0.400. The minimum atomic E-state index is 0.186. The molecule has 2 aromatic rings. The second-order valence-electron chi connectivity index (χ2n) is 5.45. The lowest BCUT2D eigenvalue weighted by molar-refractivity contribution is 0.311. The van der Waals surface area contributed by atoms with Crippen molar-refractivity contribution in [2.24, 2.45) is 0 Å². The zero-order valence-electron chi connectivity index (χ0n) is 13.2. The molecule has 0 aliphatic carbocycles. The van der Waals surface area contributed by atoms with Crippen molar-refractivity contribution in [2.75, 3.05) is 51.0 Å². The van der Waals surface area contributed by atoms with Gasteiger partial charge in [-0.3, -0.25) is 0 Å². The average molecular weight is 335 g/mol. The first-order valence-electron chi connectivity index (χ1n) is 7.36. The highest BCUT2D eigenvalue weighted by Crippen LogP contribution is 2.31. The number of rotatable bonds is 3. The first-order chi connectivity index (χ1) is 11.1. The van der Waals surface area contributed by atoms with Gasteiger partial charge in [0.1, 0.15) is 5.75 Å². The highest BCUT2D eigenvalue weighted by atomic mass is 35.5. The van der Waals surface area contributed by atoms with E-state index in [0.717, 1.165) is 26.2 Å². The Morgan fingerprint density at radius 3 is 2.57 bits per heavy atom. The van der Waals surface area contributed by atoms with Gasteiger partial charge < -0.3 is 20.3 Å². The van der Waals surface area contributed by atoms with E-state index in [4.69, 9.17) is 22.1 Å². The lowest BCUT2D eigenvalue weighted by atomic mass is 10.2. The Hall–Kier alpha value is -2.12. The van der Waals surface area contributed by atoms with Crippen LogP contribution in [0.15, 0.2) is 18.2 Å². The van der Waals surface area contributed by atoms with Crippen LogP contribution < -0.4 is 15.4 Å². The first-order valence-corrected chi connectivity index (χ1v) is 7.73. The number of nitrogen functional groups attached to an aromatic ring is 1. The molecule has 0 bridgehead atoms. The normalized spacial score (nSPS) is 15.7. The first kappa shape index (κ1) is 15.8. The van der Waals surface area contributed by atoms with Gasteiger partial charge in [0.15, 0.2) is 5.82 Å². The Balaban J connectivity index is 1.99. The molecule has 1 saturated heterocycles. The van der Waals surface area contributed by atoms with Gasteiger partial charge in [-0.1, -0.05) is 11.6 Å².